The van der Waals surface area contributed by atoms with E-state index in [2.05, 4.69) is 20.8 Å². The van der Waals surface area contributed by atoms with Crippen LogP contribution < -0.4 is 5.73 Å². The molecule has 1 rings (SSSR count). The minimum atomic E-state index is -0.294. The number of rotatable bonds is 3. The average molecular weight is 212 g/mol. The molecule has 1 fully saturated rings. The van der Waals surface area contributed by atoms with Gasteiger partial charge in [0.1, 0.15) is 0 Å². The Hall–Kier alpha value is -0.570. The predicted molar refractivity (Wildman–Crippen MR) is 62.5 cm³/mol. The summed E-state index contributed by atoms with van der Waals surface area (Å²) in [5.41, 5.74) is 5.89. The van der Waals surface area contributed by atoms with Gasteiger partial charge >= 0.3 is 0 Å². The van der Waals surface area contributed by atoms with Gasteiger partial charge in [0.2, 0.25) is 5.91 Å². The molecule has 1 heterocycles. The van der Waals surface area contributed by atoms with Crippen molar-refractivity contribution in [3.63, 3.8) is 0 Å². The van der Waals surface area contributed by atoms with Crippen LogP contribution in [0.3, 0.4) is 0 Å². The molecule has 1 aliphatic heterocycles. The number of nitrogens with zero attached hydrogens (tertiary/aromatic N) is 1. The van der Waals surface area contributed by atoms with Crippen LogP contribution >= 0.6 is 0 Å². The summed E-state index contributed by atoms with van der Waals surface area (Å²) in [5, 5.41) is 0. The summed E-state index contributed by atoms with van der Waals surface area (Å²) < 4.78 is 0. The Labute approximate surface area is 93.0 Å². The first-order valence-corrected chi connectivity index (χ1v) is 6.15. The first-order chi connectivity index (χ1) is 7.07. The van der Waals surface area contributed by atoms with E-state index in [4.69, 9.17) is 5.73 Å². The smallest absolute Gasteiger partial charge is 0.239 e. The Balaban J connectivity index is 2.62. The van der Waals surface area contributed by atoms with E-state index in [9.17, 15) is 4.79 Å². The number of amides is 1. The highest BCUT2D eigenvalue weighted by molar-refractivity contribution is 5.82. The van der Waals surface area contributed by atoms with Crippen LogP contribution in [0.15, 0.2) is 0 Å². The Morgan fingerprint density at radius 1 is 1.40 bits per heavy atom. The summed E-state index contributed by atoms with van der Waals surface area (Å²) in [6, 6.07) is 0.436. The van der Waals surface area contributed by atoms with Crippen molar-refractivity contribution in [2.45, 2.75) is 71.0 Å². The Morgan fingerprint density at radius 2 is 1.93 bits per heavy atom. The second-order valence-electron chi connectivity index (χ2n) is 4.77. The molecule has 1 unspecified atom stereocenters. The van der Waals surface area contributed by atoms with Crippen LogP contribution in [0, 0.1) is 0 Å². The van der Waals surface area contributed by atoms with E-state index in [1.165, 1.54) is 6.42 Å². The first-order valence-electron chi connectivity index (χ1n) is 6.15. The van der Waals surface area contributed by atoms with Gasteiger partial charge in [0.05, 0.1) is 6.04 Å². The van der Waals surface area contributed by atoms with E-state index in [1.807, 2.05) is 4.90 Å². The number of hydrogen-bond acceptors (Lipinski definition) is 2. The third-order valence-electron chi connectivity index (χ3n) is 3.36. The maximum absolute atomic E-state index is 12.1. The Bertz CT molecular complexity index is 208. The van der Waals surface area contributed by atoms with Crippen molar-refractivity contribution < 1.29 is 4.79 Å². The predicted octanol–water partition coefficient (Wildman–Crippen LogP) is 1.90. The zero-order valence-corrected chi connectivity index (χ0v) is 10.2. The van der Waals surface area contributed by atoms with Crippen molar-refractivity contribution in [2.24, 2.45) is 5.73 Å². The third kappa shape index (κ3) is 2.94. The molecule has 15 heavy (non-hydrogen) atoms. The maximum atomic E-state index is 12.1. The quantitative estimate of drug-likeness (QED) is 0.776. The van der Waals surface area contributed by atoms with E-state index in [0.29, 0.717) is 12.1 Å². The van der Waals surface area contributed by atoms with Crippen LogP contribution in [0.4, 0.5) is 0 Å². The minimum absolute atomic E-state index is 0.150. The molecule has 3 nitrogen and oxygen atoms in total. The van der Waals surface area contributed by atoms with Gasteiger partial charge in [0, 0.05) is 12.1 Å². The van der Waals surface area contributed by atoms with Crippen LogP contribution in [0.25, 0.3) is 0 Å². The molecular formula is C12H24N2O. The van der Waals surface area contributed by atoms with Gasteiger partial charge in [-0.25, -0.2) is 0 Å². The molecule has 0 aromatic carbocycles. The first kappa shape index (κ1) is 12.5. The monoisotopic (exact) mass is 212 g/mol. The Morgan fingerprint density at radius 3 is 2.40 bits per heavy atom. The molecule has 0 radical (unpaired) electrons. The van der Waals surface area contributed by atoms with Crippen molar-refractivity contribution in [3.05, 3.63) is 0 Å². The topological polar surface area (TPSA) is 46.3 Å². The SMILES string of the molecule is CCCC(N)C(=O)N1[C@H](C)CCC[C@@H]1C. The number of carbonyl (C=O) groups is 1. The summed E-state index contributed by atoms with van der Waals surface area (Å²) in [5.74, 6) is 0.150. The van der Waals surface area contributed by atoms with E-state index in [0.717, 1.165) is 25.7 Å². The van der Waals surface area contributed by atoms with E-state index in [-0.39, 0.29) is 11.9 Å². The van der Waals surface area contributed by atoms with Gasteiger partial charge in [-0.2, -0.15) is 0 Å². The van der Waals surface area contributed by atoms with Crippen molar-refractivity contribution >= 4 is 5.91 Å². The highest BCUT2D eigenvalue weighted by Gasteiger charge is 2.31. The molecule has 0 aromatic rings. The molecule has 0 aliphatic carbocycles. The van der Waals surface area contributed by atoms with Gasteiger partial charge < -0.3 is 10.6 Å². The molecule has 1 amide bonds. The maximum Gasteiger partial charge on any atom is 0.239 e. The normalized spacial score (nSPS) is 28.9. The molecule has 0 bridgehead atoms. The Kier molecular flexibility index (Phi) is 4.58. The van der Waals surface area contributed by atoms with Crippen molar-refractivity contribution in [3.8, 4) is 0 Å². The fourth-order valence-corrected chi connectivity index (χ4v) is 2.48. The van der Waals surface area contributed by atoms with Crippen molar-refractivity contribution in [1.29, 1.82) is 0 Å². The standard InChI is InChI=1S/C12H24N2O/c1-4-6-11(13)12(15)14-9(2)7-5-8-10(14)3/h9-11H,4-8,13H2,1-3H3/t9-,10+,11?. The molecule has 3 atom stereocenters. The molecule has 1 saturated heterocycles. The van der Waals surface area contributed by atoms with Gasteiger partial charge in [-0.15, -0.1) is 0 Å². The molecule has 0 aromatic heterocycles. The molecule has 1 aliphatic rings. The van der Waals surface area contributed by atoms with Crippen molar-refractivity contribution in [2.75, 3.05) is 0 Å². The van der Waals surface area contributed by atoms with Gasteiger partial charge in [0.15, 0.2) is 0 Å². The van der Waals surface area contributed by atoms with Crippen LogP contribution in [-0.4, -0.2) is 28.9 Å². The molecular weight excluding hydrogens is 188 g/mol. The zero-order valence-electron chi connectivity index (χ0n) is 10.2. The second-order valence-corrected chi connectivity index (χ2v) is 4.77. The van der Waals surface area contributed by atoms with Crippen LogP contribution in [-0.2, 0) is 4.79 Å². The summed E-state index contributed by atoms with van der Waals surface area (Å²) in [4.78, 5) is 14.1. The summed E-state index contributed by atoms with van der Waals surface area (Å²) in [7, 11) is 0. The summed E-state index contributed by atoms with van der Waals surface area (Å²) >= 11 is 0. The van der Waals surface area contributed by atoms with Crippen LogP contribution in [0.5, 0.6) is 0 Å². The number of carbonyl (C=O) groups excluding carboxylic acids is 1. The lowest BCUT2D eigenvalue weighted by Crippen LogP contribution is -2.53. The number of hydrogen-bond donors (Lipinski definition) is 1. The van der Waals surface area contributed by atoms with Gasteiger partial charge in [0.25, 0.3) is 0 Å². The highest BCUT2D eigenvalue weighted by atomic mass is 16.2. The average Bonchev–Trinajstić information content (AvgIpc) is 2.17. The molecule has 0 spiro atoms. The lowest BCUT2D eigenvalue weighted by atomic mass is 9.96. The molecule has 0 saturated carbocycles. The van der Waals surface area contributed by atoms with Crippen LogP contribution in [0.2, 0.25) is 0 Å². The second kappa shape index (κ2) is 5.50. The summed E-state index contributed by atoms with van der Waals surface area (Å²) in [6.07, 6.45) is 5.25. The fraction of sp³-hybridized carbons (Fsp3) is 0.917. The third-order valence-corrected chi connectivity index (χ3v) is 3.36. The summed E-state index contributed by atoms with van der Waals surface area (Å²) in [6.45, 7) is 6.33. The number of nitrogens with two attached hydrogens (primary N) is 1. The minimum Gasteiger partial charge on any atom is -0.336 e. The lowest BCUT2D eigenvalue weighted by Gasteiger charge is -2.40. The fourth-order valence-electron chi connectivity index (χ4n) is 2.48. The molecule has 88 valence electrons. The van der Waals surface area contributed by atoms with Gasteiger partial charge in [-0.05, 0) is 39.5 Å². The number of piperidine rings is 1. The largest absolute Gasteiger partial charge is 0.336 e. The number of likely N-dealkylation sites (tertiary alicyclic amines) is 1. The molecule has 3 heteroatoms. The van der Waals surface area contributed by atoms with Crippen LogP contribution in [0.1, 0.15) is 52.9 Å². The van der Waals surface area contributed by atoms with Crippen molar-refractivity contribution in [1.82, 2.24) is 4.90 Å². The molecule has 2 N–H and O–H groups in total. The van der Waals surface area contributed by atoms with E-state index < -0.39 is 0 Å². The van der Waals surface area contributed by atoms with Gasteiger partial charge in [-0.1, -0.05) is 13.3 Å². The zero-order chi connectivity index (χ0) is 11.4. The van der Waals surface area contributed by atoms with E-state index in [1.54, 1.807) is 0 Å². The van der Waals surface area contributed by atoms with E-state index >= 15 is 0 Å². The highest BCUT2D eigenvalue weighted by Crippen LogP contribution is 2.23. The van der Waals surface area contributed by atoms with Gasteiger partial charge in [-0.3, -0.25) is 4.79 Å². The lowest BCUT2D eigenvalue weighted by molar-refractivity contribution is -0.138.